The van der Waals surface area contributed by atoms with Gasteiger partial charge in [-0.1, -0.05) is 46.3 Å². The number of ether oxygens (including phenoxy) is 1. The first-order valence-electron chi connectivity index (χ1n) is 7.42. The van der Waals surface area contributed by atoms with Crippen molar-refractivity contribution in [2.75, 3.05) is 24.2 Å². The van der Waals surface area contributed by atoms with Gasteiger partial charge in [0.1, 0.15) is 0 Å². The summed E-state index contributed by atoms with van der Waals surface area (Å²) in [5, 5.41) is 13.0. The number of hydrogen-bond donors (Lipinski definition) is 1. The fraction of sp³-hybridized carbons (Fsp3) is 0.400. The minimum atomic E-state index is -0.0253. The van der Waals surface area contributed by atoms with Crippen LogP contribution in [0.5, 0.6) is 0 Å². The molecule has 1 unspecified atom stereocenters. The molecule has 0 amide bonds. The quantitative estimate of drug-likeness (QED) is 0.545. The molecule has 1 atom stereocenters. The molecule has 1 aliphatic heterocycles. The Hall–Kier alpha value is -0.860. The summed E-state index contributed by atoms with van der Waals surface area (Å²) in [5.41, 5.74) is 0.540. The molecule has 2 aromatic rings. The van der Waals surface area contributed by atoms with Crippen LogP contribution in [-0.4, -0.2) is 41.0 Å². The number of halogens is 2. The fourth-order valence-corrected chi connectivity index (χ4v) is 4.18. The van der Waals surface area contributed by atoms with Gasteiger partial charge in [-0.25, -0.2) is 0 Å². The lowest BCUT2D eigenvalue weighted by Crippen LogP contribution is -2.18. The summed E-state index contributed by atoms with van der Waals surface area (Å²) in [6, 6.07) is 4.88. The summed E-state index contributed by atoms with van der Waals surface area (Å²) in [6.45, 7) is 1.57. The second-order valence-corrected chi connectivity index (χ2v) is 8.24. The Balaban J connectivity index is 1.49. The van der Waals surface area contributed by atoms with Crippen LogP contribution in [0.4, 0.5) is 5.13 Å². The minimum Gasteiger partial charge on any atom is -0.376 e. The molecule has 0 bridgehead atoms. The number of rotatable bonds is 7. The highest BCUT2D eigenvalue weighted by Gasteiger charge is 2.16. The Labute approximate surface area is 158 Å². The number of carbonyl (C=O) groups excluding carboxylic acids is 1. The van der Waals surface area contributed by atoms with E-state index in [1.54, 1.807) is 18.2 Å². The number of Topliss-reactive ketones (excluding diaryl/α,β-unsaturated/α-hetero) is 1. The summed E-state index contributed by atoms with van der Waals surface area (Å²) in [7, 11) is 0. The van der Waals surface area contributed by atoms with Crippen molar-refractivity contribution in [1.82, 2.24) is 10.2 Å². The van der Waals surface area contributed by atoms with E-state index in [9.17, 15) is 4.79 Å². The monoisotopic (exact) mass is 403 g/mol. The molecule has 1 saturated heterocycles. The summed E-state index contributed by atoms with van der Waals surface area (Å²) in [4.78, 5) is 12.2. The van der Waals surface area contributed by atoms with E-state index in [4.69, 9.17) is 27.9 Å². The number of nitrogens with zero attached hydrogens (tertiary/aromatic N) is 2. The molecule has 24 heavy (non-hydrogen) atoms. The lowest BCUT2D eigenvalue weighted by atomic mass is 10.1. The summed E-state index contributed by atoms with van der Waals surface area (Å²) in [6.07, 6.45) is 2.44. The third-order valence-electron chi connectivity index (χ3n) is 3.48. The van der Waals surface area contributed by atoms with Crippen molar-refractivity contribution >= 4 is 57.2 Å². The number of benzene rings is 1. The number of hydrogen-bond acceptors (Lipinski definition) is 7. The van der Waals surface area contributed by atoms with Gasteiger partial charge in [-0.05, 0) is 31.0 Å². The van der Waals surface area contributed by atoms with Gasteiger partial charge < -0.3 is 10.1 Å². The predicted molar refractivity (Wildman–Crippen MR) is 98.9 cm³/mol. The molecule has 1 aromatic carbocycles. The molecule has 1 fully saturated rings. The van der Waals surface area contributed by atoms with Crippen LogP contribution in [-0.2, 0) is 4.74 Å². The van der Waals surface area contributed by atoms with E-state index in [2.05, 4.69) is 15.5 Å². The van der Waals surface area contributed by atoms with Crippen LogP contribution in [0.15, 0.2) is 22.5 Å². The minimum absolute atomic E-state index is 0.0253. The first-order valence-corrected chi connectivity index (χ1v) is 9.97. The van der Waals surface area contributed by atoms with Crippen LogP contribution in [0.1, 0.15) is 23.2 Å². The molecular weight excluding hydrogens is 389 g/mol. The number of ketones is 1. The maximum absolute atomic E-state index is 12.2. The fourth-order valence-electron chi connectivity index (χ4n) is 2.23. The van der Waals surface area contributed by atoms with E-state index in [0.29, 0.717) is 15.6 Å². The van der Waals surface area contributed by atoms with E-state index in [1.165, 1.54) is 23.1 Å². The largest absolute Gasteiger partial charge is 0.376 e. The third-order valence-corrected chi connectivity index (χ3v) is 6.23. The molecular formula is C15H15Cl2N3O2S2. The van der Waals surface area contributed by atoms with Gasteiger partial charge in [0.05, 0.1) is 21.9 Å². The number of thioether (sulfide) groups is 1. The molecule has 2 heterocycles. The SMILES string of the molecule is O=C(CSc1nnc(NCC2CCCO2)s1)c1ccc(Cl)c(Cl)c1. The van der Waals surface area contributed by atoms with E-state index < -0.39 is 0 Å². The van der Waals surface area contributed by atoms with Gasteiger partial charge in [0.25, 0.3) is 0 Å². The highest BCUT2D eigenvalue weighted by molar-refractivity contribution is 8.01. The van der Waals surface area contributed by atoms with Gasteiger partial charge in [-0.15, -0.1) is 10.2 Å². The number of aromatic nitrogens is 2. The summed E-state index contributed by atoms with van der Waals surface area (Å²) in [5.74, 6) is 0.251. The summed E-state index contributed by atoms with van der Waals surface area (Å²) >= 11 is 14.6. The van der Waals surface area contributed by atoms with Crippen molar-refractivity contribution in [1.29, 1.82) is 0 Å². The Bertz CT molecular complexity index is 720. The second kappa shape index (κ2) is 8.49. The number of nitrogens with one attached hydrogen (secondary N) is 1. The third kappa shape index (κ3) is 4.83. The zero-order chi connectivity index (χ0) is 16.9. The van der Waals surface area contributed by atoms with Crippen molar-refractivity contribution in [3.05, 3.63) is 33.8 Å². The van der Waals surface area contributed by atoms with E-state index in [0.717, 1.165) is 35.5 Å². The van der Waals surface area contributed by atoms with Crippen LogP contribution >= 0.6 is 46.3 Å². The van der Waals surface area contributed by atoms with Gasteiger partial charge in [-0.3, -0.25) is 4.79 Å². The Morgan fingerprint density at radius 2 is 2.25 bits per heavy atom. The number of anilines is 1. The van der Waals surface area contributed by atoms with Gasteiger partial charge >= 0.3 is 0 Å². The highest BCUT2D eigenvalue weighted by Crippen LogP contribution is 2.28. The first kappa shape index (κ1) is 17.9. The highest BCUT2D eigenvalue weighted by atomic mass is 35.5. The molecule has 5 nitrogen and oxygen atoms in total. The average Bonchev–Trinajstić information content (AvgIpc) is 3.24. The zero-order valence-electron chi connectivity index (χ0n) is 12.6. The van der Waals surface area contributed by atoms with Crippen LogP contribution in [0.2, 0.25) is 10.0 Å². The van der Waals surface area contributed by atoms with Crippen molar-refractivity contribution < 1.29 is 9.53 Å². The van der Waals surface area contributed by atoms with Crippen LogP contribution < -0.4 is 5.32 Å². The first-order chi connectivity index (χ1) is 11.6. The molecule has 1 N–H and O–H groups in total. The smallest absolute Gasteiger partial charge is 0.206 e. The van der Waals surface area contributed by atoms with Gasteiger partial charge in [0.2, 0.25) is 5.13 Å². The molecule has 0 aliphatic carbocycles. The molecule has 128 valence electrons. The standard InChI is InChI=1S/C15H15Cl2N3O2S2/c16-11-4-3-9(6-12(11)17)13(21)8-23-15-20-19-14(24-15)18-7-10-2-1-5-22-10/h3-4,6,10H,1-2,5,7-8H2,(H,18,19). The van der Waals surface area contributed by atoms with Crippen LogP contribution in [0.3, 0.4) is 0 Å². The molecule has 3 rings (SSSR count). The molecule has 1 aromatic heterocycles. The van der Waals surface area contributed by atoms with Crippen LogP contribution in [0.25, 0.3) is 0 Å². The normalized spacial score (nSPS) is 17.2. The summed E-state index contributed by atoms with van der Waals surface area (Å²) < 4.78 is 6.30. The lowest BCUT2D eigenvalue weighted by molar-refractivity contribution is 0.102. The molecule has 9 heteroatoms. The zero-order valence-corrected chi connectivity index (χ0v) is 15.8. The predicted octanol–water partition coefficient (Wildman–Crippen LogP) is 4.41. The maximum atomic E-state index is 12.2. The second-order valence-electron chi connectivity index (χ2n) is 5.23. The Morgan fingerprint density at radius 3 is 3.00 bits per heavy atom. The maximum Gasteiger partial charge on any atom is 0.206 e. The van der Waals surface area contributed by atoms with E-state index >= 15 is 0 Å². The molecule has 0 spiro atoms. The van der Waals surface area contributed by atoms with Gasteiger partial charge in [0.15, 0.2) is 10.1 Å². The average molecular weight is 404 g/mol. The van der Waals surface area contributed by atoms with Gasteiger partial charge in [-0.2, -0.15) is 0 Å². The van der Waals surface area contributed by atoms with Crippen molar-refractivity contribution in [3.8, 4) is 0 Å². The van der Waals surface area contributed by atoms with Crippen molar-refractivity contribution in [2.45, 2.75) is 23.3 Å². The Morgan fingerprint density at radius 1 is 1.38 bits per heavy atom. The molecule has 1 aliphatic rings. The number of carbonyl (C=O) groups is 1. The molecule has 0 saturated carbocycles. The van der Waals surface area contributed by atoms with Crippen molar-refractivity contribution in [2.24, 2.45) is 0 Å². The lowest BCUT2D eigenvalue weighted by Gasteiger charge is -2.08. The van der Waals surface area contributed by atoms with E-state index in [-0.39, 0.29) is 17.6 Å². The van der Waals surface area contributed by atoms with E-state index in [1.807, 2.05) is 0 Å². The Kier molecular flexibility index (Phi) is 6.35. The molecule has 0 radical (unpaired) electrons. The topological polar surface area (TPSA) is 64.1 Å². The van der Waals surface area contributed by atoms with Gasteiger partial charge in [0, 0.05) is 18.7 Å². The van der Waals surface area contributed by atoms with Crippen molar-refractivity contribution in [3.63, 3.8) is 0 Å². The van der Waals surface area contributed by atoms with Crippen LogP contribution in [0, 0.1) is 0 Å².